The topological polar surface area (TPSA) is 48.1 Å². The van der Waals surface area contributed by atoms with Gasteiger partial charge in [0, 0.05) is 31.6 Å². The number of aromatic nitrogens is 1. The van der Waals surface area contributed by atoms with Gasteiger partial charge in [-0.2, -0.15) is 0 Å². The summed E-state index contributed by atoms with van der Waals surface area (Å²) in [5.41, 5.74) is 7.23. The lowest BCUT2D eigenvalue weighted by atomic mass is 9.97. The maximum Gasteiger partial charge on any atom is 0.0495 e. The highest BCUT2D eigenvalue weighted by atomic mass is 35.5. The quantitative estimate of drug-likeness (QED) is 0.922. The third-order valence-electron chi connectivity index (χ3n) is 3.02. The van der Waals surface area contributed by atoms with E-state index in [1.165, 1.54) is 6.42 Å². The fourth-order valence-corrected chi connectivity index (χ4v) is 1.99. The third kappa shape index (κ3) is 5.21. The van der Waals surface area contributed by atoms with Gasteiger partial charge in [0.2, 0.25) is 0 Å². The summed E-state index contributed by atoms with van der Waals surface area (Å²) < 4.78 is 5.34. The van der Waals surface area contributed by atoms with Crippen molar-refractivity contribution in [2.45, 2.75) is 25.3 Å². The Morgan fingerprint density at radius 1 is 1.47 bits per heavy atom. The van der Waals surface area contributed by atoms with E-state index in [4.69, 9.17) is 10.5 Å². The fourth-order valence-electron chi connectivity index (χ4n) is 1.99. The molecule has 1 aromatic rings. The minimum absolute atomic E-state index is 0. The van der Waals surface area contributed by atoms with Gasteiger partial charge in [-0.15, -0.1) is 24.8 Å². The van der Waals surface area contributed by atoms with Gasteiger partial charge >= 0.3 is 0 Å². The maximum absolute atomic E-state index is 6.09. The van der Waals surface area contributed by atoms with Crippen LogP contribution >= 0.6 is 24.8 Å². The molecule has 1 saturated heterocycles. The average Bonchev–Trinajstić information content (AvgIpc) is 2.80. The smallest absolute Gasteiger partial charge is 0.0495 e. The van der Waals surface area contributed by atoms with Gasteiger partial charge in [0.05, 0.1) is 0 Å². The SMILES string of the molecule is Cl.Cl.NC(CCC1CCOC1)c1cccnc1. The Morgan fingerprint density at radius 3 is 2.88 bits per heavy atom. The van der Waals surface area contributed by atoms with Crippen molar-refractivity contribution in [3.63, 3.8) is 0 Å². The molecule has 0 bridgehead atoms. The van der Waals surface area contributed by atoms with Gasteiger partial charge in [0.1, 0.15) is 0 Å². The van der Waals surface area contributed by atoms with E-state index in [0.717, 1.165) is 31.6 Å². The van der Waals surface area contributed by atoms with Gasteiger partial charge < -0.3 is 10.5 Å². The standard InChI is InChI=1S/C12H18N2O.2ClH/c13-12(11-2-1-6-14-8-11)4-3-10-5-7-15-9-10;;/h1-2,6,8,10,12H,3-5,7,9,13H2;2*1H. The van der Waals surface area contributed by atoms with Crippen molar-refractivity contribution in [2.75, 3.05) is 13.2 Å². The highest BCUT2D eigenvalue weighted by Gasteiger charge is 2.17. The highest BCUT2D eigenvalue weighted by molar-refractivity contribution is 5.85. The first-order valence-corrected chi connectivity index (χ1v) is 5.59. The summed E-state index contributed by atoms with van der Waals surface area (Å²) in [5.74, 6) is 0.715. The first-order valence-electron chi connectivity index (χ1n) is 5.59. The molecule has 2 heterocycles. The Morgan fingerprint density at radius 2 is 2.29 bits per heavy atom. The number of rotatable bonds is 4. The number of hydrogen-bond donors (Lipinski definition) is 1. The second-order valence-corrected chi connectivity index (χ2v) is 4.20. The maximum atomic E-state index is 6.09. The predicted octanol–water partition coefficient (Wildman–Crippen LogP) is 2.74. The Labute approximate surface area is 115 Å². The van der Waals surface area contributed by atoms with Crippen LogP contribution in [0.4, 0.5) is 0 Å². The van der Waals surface area contributed by atoms with Crippen molar-refractivity contribution in [1.29, 1.82) is 0 Å². The number of pyridine rings is 1. The van der Waals surface area contributed by atoms with E-state index in [9.17, 15) is 0 Å². The minimum atomic E-state index is 0. The molecule has 2 atom stereocenters. The summed E-state index contributed by atoms with van der Waals surface area (Å²) in [6.07, 6.45) is 7.02. The van der Waals surface area contributed by atoms with Crippen LogP contribution in [0.15, 0.2) is 24.5 Å². The molecule has 2 unspecified atom stereocenters. The molecule has 1 fully saturated rings. The van der Waals surface area contributed by atoms with E-state index in [1.54, 1.807) is 6.20 Å². The Hall–Kier alpha value is -0.350. The van der Waals surface area contributed by atoms with Gasteiger partial charge in [-0.05, 0) is 36.8 Å². The lowest BCUT2D eigenvalue weighted by Gasteiger charge is -2.13. The zero-order valence-corrected chi connectivity index (χ0v) is 11.4. The van der Waals surface area contributed by atoms with E-state index < -0.39 is 0 Å². The Bertz CT molecular complexity index is 292. The number of nitrogens with zero attached hydrogens (tertiary/aromatic N) is 1. The molecule has 3 nitrogen and oxygen atoms in total. The van der Waals surface area contributed by atoms with Crippen molar-refractivity contribution < 1.29 is 4.74 Å². The molecule has 2 N–H and O–H groups in total. The van der Waals surface area contributed by atoms with Gasteiger partial charge in [-0.25, -0.2) is 0 Å². The Balaban J connectivity index is 0.00000128. The summed E-state index contributed by atoms with van der Waals surface area (Å²) in [6.45, 7) is 1.84. The van der Waals surface area contributed by atoms with Crippen LogP contribution in [-0.2, 0) is 4.74 Å². The predicted molar refractivity (Wildman–Crippen MR) is 73.8 cm³/mol. The third-order valence-corrected chi connectivity index (χ3v) is 3.02. The molecule has 0 spiro atoms. The number of hydrogen-bond acceptors (Lipinski definition) is 3. The van der Waals surface area contributed by atoms with Crippen molar-refractivity contribution in [1.82, 2.24) is 4.98 Å². The van der Waals surface area contributed by atoms with Crippen LogP contribution in [0.25, 0.3) is 0 Å². The van der Waals surface area contributed by atoms with Gasteiger partial charge in [-0.3, -0.25) is 4.98 Å². The molecule has 0 radical (unpaired) electrons. The van der Waals surface area contributed by atoms with Crippen molar-refractivity contribution in [3.05, 3.63) is 30.1 Å². The van der Waals surface area contributed by atoms with Crippen LogP contribution in [0.5, 0.6) is 0 Å². The summed E-state index contributed by atoms with van der Waals surface area (Å²) >= 11 is 0. The molecule has 2 rings (SSSR count). The molecule has 0 amide bonds. The van der Waals surface area contributed by atoms with Crippen LogP contribution < -0.4 is 5.73 Å². The van der Waals surface area contributed by atoms with E-state index in [0.29, 0.717) is 5.92 Å². The number of halogens is 2. The monoisotopic (exact) mass is 278 g/mol. The fraction of sp³-hybridized carbons (Fsp3) is 0.583. The molecule has 17 heavy (non-hydrogen) atoms. The zero-order valence-electron chi connectivity index (χ0n) is 9.75. The summed E-state index contributed by atoms with van der Waals surface area (Å²) in [4.78, 5) is 4.08. The summed E-state index contributed by atoms with van der Waals surface area (Å²) in [5, 5.41) is 0. The molecule has 1 aromatic heterocycles. The second-order valence-electron chi connectivity index (χ2n) is 4.20. The summed E-state index contributed by atoms with van der Waals surface area (Å²) in [6, 6.07) is 4.11. The number of nitrogens with two attached hydrogens (primary N) is 1. The molecule has 0 aromatic carbocycles. The average molecular weight is 279 g/mol. The van der Waals surface area contributed by atoms with E-state index in [2.05, 4.69) is 4.98 Å². The van der Waals surface area contributed by atoms with Crippen molar-refractivity contribution in [3.8, 4) is 0 Å². The van der Waals surface area contributed by atoms with Crippen LogP contribution in [0.1, 0.15) is 30.9 Å². The molecule has 1 aliphatic rings. The molecule has 0 aliphatic carbocycles. The molecular formula is C12H20Cl2N2O. The molecule has 5 heteroatoms. The number of ether oxygens (including phenoxy) is 1. The zero-order chi connectivity index (χ0) is 10.5. The van der Waals surface area contributed by atoms with E-state index in [-0.39, 0.29) is 30.9 Å². The molecule has 1 aliphatic heterocycles. The van der Waals surface area contributed by atoms with Crippen LogP contribution in [0.2, 0.25) is 0 Å². The summed E-state index contributed by atoms with van der Waals surface area (Å²) in [7, 11) is 0. The van der Waals surface area contributed by atoms with Crippen LogP contribution in [0, 0.1) is 5.92 Å². The molecule has 98 valence electrons. The normalized spacial score (nSPS) is 20.2. The van der Waals surface area contributed by atoms with E-state index in [1.807, 2.05) is 18.3 Å². The lowest BCUT2D eigenvalue weighted by molar-refractivity contribution is 0.183. The highest BCUT2D eigenvalue weighted by Crippen LogP contribution is 2.22. The first-order chi connectivity index (χ1) is 7.36. The molecule has 0 saturated carbocycles. The van der Waals surface area contributed by atoms with Crippen LogP contribution in [0.3, 0.4) is 0 Å². The van der Waals surface area contributed by atoms with Crippen molar-refractivity contribution >= 4 is 24.8 Å². The largest absolute Gasteiger partial charge is 0.381 e. The van der Waals surface area contributed by atoms with Crippen LogP contribution in [-0.4, -0.2) is 18.2 Å². The first kappa shape index (κ1) is 16.6. The van der Waals surface area contributed by atoms with Gasteiger partial charge in [0.25, 0.3) is 0 Å². The van der Waals surface area contributed by atoms with Crippen molar-refractivity contribution in [2.24, 2.45) is 11.7 Å². The second kappa shape index (κ2) is 8.70. The Kier molecular flexibility index (Phi) is 8.52. The van der Waals surface area contributed by atoms with Gasteiger partial charge in [0.15, 0.2) is 0 Å². The van der Waals surface area contributed by atoms with Gasteiger partial charge in [-0.1, -0.05) is 6.07 Å². The molecular weight excluding hydrogens is 259 g/mol. The van der Waals surface area contributed by atoms with E-state index >= 15 is 0 Å². The minimum Gasteiger partial charge on any atom is -0.381 e. The lowest BCUT2D eigenvalue weighted by Crippen LogP contribution is -2.12.